The van der Waals surface area contributed by atoms with E-state index in [4.69, 9.17) is 0 Å². The maximum Gasteiger partial charge on any atom is 0.490 e. The molecule has 2 nitrogen and oxygen atoms in total. The van der Waals surface area contributed by atoms with Crippen molar-refractivity contribution in [2.75, 3.05) is 0 Å². The summed E-state index contributed by atoms with van der Waals surface area (Å²) in [7, 11) is 0. The van der Waals surface area contributed by atoms with Gasteiger partial charge in [0.15, 0.2) is 0 Å². The molecule has 82 valence electrons. The van der Waals surface area contributed by atoms with E-state index in [1.54, 1.807) is 0 Å². The average Bonchev–Trinajstić information content (AvgIpc) is 2.14. The summed E-state index contributed by atoms with van der Waals surface area (Å²) in [5.74, 6) is -3.04. The van der Waals surface area contributed by atoms with Crippen molar-refractivity contribution in [2.24, 2.45) is 0 Å². The second-order valence-corrected chi connectivity index (χ2v) is 2.67. The SMILES string of the molecule is O=C(OCc1ccccc1F)C(F)(F)F. The minimum Gasteiger partial charge on any atom is -0.454 e. The first kappa shape index (κ1) is 11.5. The number of alkyl halides is 3. The van der Waals surface area contributed by atoms with Crippen molar-refractivity contribution in [1.82, 2.24) is 0 Å². The number of benzene rings is 1. The second-order valence-electron chi connectivity index (χ2n) is 2.67. The molecule has 0 saturated heterocycles. The van der Waals surface area contributed by atoms with E-state index >= 15 is 0 Å². The van der Waals surface area contributed by atoms with E-state index in [0.717, 1.165) is 6.07 Å². The van der Waals surface area contributed by atoms with Gasteiger partial charge >= 0.3 is 12.1 Å². The van der Waals surface area contributed by atoms with Crippen LogP contribution in [0.1, 0.15) is 5.56 Å². The van der Waals surface area contributed by atoms with Gasteiger partial charge in [-0.15, -0.1) is 0 Å². The van der Waals surface area contributed by atoms with Crippen LogP contribution in [-0.4, -0.2) is 12.1 Å². The number of rotatable bonds is 2. The van der Waals surface area contributed by atoms with E-state index in [1.807, 2.05) is 0 Å². The third-order valence-corrected chi connectivity index (χ3v) is 1.55. The van der Waals surface area contributed by atoms with E-state index in [-0.39, 0.29) is 5.56 Å². The van der Waals surface area contributed by atoms with Gasteiger partial charge < -0.3 is 4.74 Å². The molecule has 0 aliphatic carbocycles. The highest BCUT2D eigenvalue weighted by atomic mass is 19.4. The molecule has 0 fully saturated rings. The Morgan fingerprint density at radius 2 is 1.87 bits per heavy atom. The van der Waals surface area contributed by atoms with Crippen LogP contribution in [-0.2, 0) is 16.1 Å². The molecule has 0 radical (unpaired) electrons. The summed E-state index contributed by atoms with van der Waals surface area (Å²) in [6.45, 7) is -0.731. The lowest BCUT2D eigenvalue weighted by Gasteiger charge is -2.07. The normalized spacial score (nSPS) is 11.2. The summed E-state index contributed by atoms with van der Waals surface area (Å²) < 4.78 is 51.8. The zero-order chi connectivity index (χ0) is 11.5. The Kier molecular flexibility index (Phi) is 3.28. The lowest BCUT2D eigenvalue weighted by Crippen LogP contribution is -2.25. The van der Waals surface area contributed by atoms with Crippen LogP contribution in [0.2, 0.25) is 0 Å². The van der Waals surface area contributed by atoms with E-state index in [0.29, 0.717) is 0 Å². The molecule has 0 spiro atoms. The fourth-order valence-electron chi connectivity index (χ4n) is 0.841. The van der Waals surface area contributed by atoms with Crippen molar-refractivity contribution in [1.29, 1.82) is 0 Å². The molecule has 0 saturated carbocycles. The molecule has 15 heavy (non-hydrogen) atoms. The Hall–Kier alpha value is -1.59. The van der Waals surface area contributed by atoms with Crippen LogP contribution >= 0.6 is 0 Å². The van der Waals surface area contributed by atoms with Crippen LogP contribution in [0.25, 0.3) is 0 Å². The van der Waals surface area contributed by atoms with E-state index in [1.165, 1.54) is 18.2 Å². The Morgan fingerprint density at radius 3 is 2.40 bits per heavy atom. The zero-order valence-electron chi connectivity index (χ0n) is 7.34. The summed E-state index contributed by atoms with van der Waals surface area (Å²) >= 11 is 0. The quantitative estimate of drug-likeness (QED) is 0.567. The number of ether oxygens (including phenoxy) is 1. The van der Waals surface area contributed by atoms with Crippen LogP contribution in [0.15, 0.2) is 24.3 Å². The molecule has 0 atom stereocenters. The molecule has 0 aromatic heterocycles. The molecule has 0 aliphatic heterocycles. The predicted molar refractivity (Wildman–Crippen MR) is 42.3 cm³/mol. The van der Waals surface area contributed by atoms with Crippen LogP contribution in [0.4, 0.5) is 17.6 Å². The number of carbonyl (C=O) groups excluding carboxylic acids is 1. The number of esters is 1. The molecule has 1 rings (SSSR count). The van der Waals surface area contributed by atoms with Gasteiger partial charge in [-0.2, -0.15) is 13.2 Å². The van der Waals surface area contributed by atoms with Gasteiger partial charge in [-0.3, -0.25) is 0 Å². The number of carbonyl (C=O) groups is 1. The molecular formula is C9H6F4O2. The van der Waals surface area contributed by atoms with Crippen LogP contribution in [0, 0.1) is 5.82 Å². The zero-order valence-corrected chi connectivity index (χ0v) is 7.34. The highest BCUT2D eigenvalue weighted by Gasteiger charge is 2.40. The lowest BCUT2D eigenvalue weighted by molar-refractivity contribution is -0.201. The summed E-state index contributed by atoms with van der Waals surface area (Å²) in [4.78, 5) is 10.3. The summed E-state index contributed by atoms with van der Waals surface area (Å²) in [6, 6.07) is 5.11. The highest BCUT2D eigenvalue weighted by molar-refractivity contribution is 5.75. The van der Waals surface area contributed by atoms with Crippen molar-refractivity contribution in [3.63, 3.8) is 0 Å². The summed E-state index contributed by atoms with van der Waals surface area (Å²) in [5, 5.41) is 0. The smallest absolute Gasteiger partial charge is 0.454 e. The molecule has 0 heterocycles. The molecule has 1 aromatic rings. The maximum absolute atomic E-state index is 12.9. The molecule has 0 unspecified atom stereocenters. The van der Waals surface area contributed by atoms with Crippen LogP contribution < -0.4 is 0 Å². The van der Waals surface area contributed by atoms with Crippen molar-refractivity contribution >= 4 is 5.97 Å². The van der Waals surface area contributed by atoms with E-state index in [9.17, 15) is 22.4 Å². The molecule has 1 aromatic carbocycles. The van der Waals surface area contributed by atoms with Gasteiger partial charge in [-0.1, -0.05) is 18.2 Å². The third-order valence-electron chi connectivity index (χ3n) is 1.55. The average molecular weight is 222 g/mol. The number of hydrogen-bond donors (Lipinski definition) is 0. The number of halogens is 4. The van der Waals surface area contributed by atoms with Gasteiger partial charge in [-0.25, -0.2) is 9.18 Å². The minimum atomic E-state index is -5.05. The summed E-state index contributed by atoms with van der Waals surface area (Å²) in [6.07, 6.45) is -5.05. The largest absolute Gasteiger partial charge is 0.490 e. The van der Waals surface area contributed by atoms with Crippen molar-refractivity contribution in [2.45, 2.75) is 12.8 Å². The molecule has 0 amide bonds. The topological polar surface area (TPSA) is 26.3 Å². The summed E-state index contributed by atoms with van der Waals surface area (Å²) in [5.41, 5.74) is -0.102. The monoisotopic (exact) mass is 222 g/mol. The molecule has 0 bridgehead atoms. The molecule has 0 aliphatic rings. The van der Waals surface area contributed by atoms with Gasteiger partial charge in [0.2, 0.25) is 0 Å². The lowest BCUT2D eigenvalue weighted by atomic mass is 10.2. The van der Waals surface area contributed by atoms with Crippen LogP contribution in [0.5, 0.6) is 0 Å². The van der Waals surface area contributed by atoms with Crippen LogP contribution in [0.3, 0.4) is 0 Å². The Morgan fingerprint density at radius 1 is 1.27 bits per heavy atom. The maximum atomic E-state index is 12.9. The van der Waals surface area contributed by atoms with Gasteiger partial charge in [-0.05, 0) is 6.07 Å². The van der Waals surface area contributed by atoms with Gasteiger partial charge in [0.25, 0.3) is 0 Å². The minimum absolute atomic E-state index is 0.102. The fourth-order valence-corrected chi connectivity index (χ4v) is 0.841. The first-order valence-corrected chi connectivity index (χ1v) is 3.88. The molecular weight excluding hydrogens is 216 g/mol. The van der Waals surface area contributed by atoms with E-state index < -0.39 is 24.6 Å². The Bertz CT molecular complexity index is 359. The molecule has 6 heteroatoms. The van der Waals surface area contributed by atoms with Gasteiger partial charge in [0, 0.05) is 5.56 Å². The van der Waals surface area contributed by atoms with E-state index in [2.05, 4.69) is 4.74 Å². The van der Waals surface area contributed by atoms with Gasteiger partial charge in [0.1, 0.15) is 12.4 Å². The molecule has 0 N–H and O–H groups in total. The number of hydrogen-bond acceptors (Lipinski definition) is 2. The first-order valence-electron chi connectivity index (χ1n) is 3.88. The fraction of sp³-hybridized carbons (Fsp3) is 0.222. The van der Waals surface area contributed by atoms with Crippen molar-refractivity contribution < 1.29 is 27.1 Å². The standard InChI is InChI=1S/C9H6F4O2/c10-7-4-2-1-3-6(7)5-15-8(14)9(11,12)13/h1-4H,5H2. The Labute approximate surface area is 82.5 Å². The Balaban J connectivity index is 2.59. The van der Waals surface area contributed by atoms with Gasteiger partial charge in [0.05, 0.1) is 0 Å². The second kappa shape index (κ2) is 4.29. The highest BCUT2D eigenvalue weighted by Crippen LogP contribution is 2.18. The van der Waals surface area contributed by atoms with Crippen molar-refractivity contribution in [3.05, 3.63) is 35.6 Å². The third kappa shape index (κ3) is 3.23. The first-order chi connectivity index (χ1) is 6.91. The predicted octanol–water partition coefficient (Wildman–Crippen LogP) is 2.43. The van der Waals surface area contributed by atoms with Crippen molar-refractivity contribution in [3.8, 4) is 0 Å².